The Bertz CT molecular complexity index is 598. The van der Waals surface area contributed by atoms with E-state index in [0.29, 0.717) is 18.7 Å². The first-order valence-electron chi connectivity index (χ1n) is 9.96. The molecule has 1 aromatic rings. The van der Waals surface area contributed by atoms with E-state index in [1.807, 2.05) is 24.3 Å². The highest BCUT2D eigenvalue weighted by Crippen LogP contribution is 2.29. The van der Waals surface area contributed by atoms with Crippen LogP contribution >= 0.6 is 11.8 Å². The predicted octanol–water partition coefficient (Wildman–Crippen LogP) is 3.91. The van der Waals surface area contributed by atoms with Crippen LogP contribution in [0.3, 0.4) is 0 Å². The molecular weight excluding hydrogens is 360 g/mol. The predicted molar refractivity (Wildman–Crippen MR) is 110 cm³/mol. The fraction of sp³-hybridized carbons (Fsp3) is 0.619. The van der Waals surface area contributed by atoms with Crippen molar-refractivity contribution in [2.24, 2.45) is 0 Å². The minimum atomic E-state index is -0.714. The summed E-state index contributed by atoms with van der Waals surface area (Å²) in [6.45, 7) is 2.78. The number of carbonyl (C=O) groups excluding carboxylic acids is 2. The average molecular weight is 393 g/mol. The standard InChI is InChI=1S/C21H32N2O3S/c1-3-4-15-22-20(25)21(13-6-5-7-14-21)23-19(24)12-16-27-18-10-8-17(26-2)9-11-18/h8-11H,3-7,12-16H2,1-2H3,(H,22,25)(H,23,24). The molecule has 0 aliphatic heterocycles. The van der Waals surface area contributed by atoms with Gasteiger partial charge in [-0.2, -0.15) is 0 Å². The van der Waals surface area contributed by atoms with Crippen LogP contribution < -0.4 is 15.4 Å². The molecule has 1 saturated carbocycles. The molecule has 2 rings (SSSR count). The second kappa shape index (κ2) is 11.2. The Morgan fingerprint density at radius 2 is 1.85 bits per heavy atom. The fourth-order valence-corrected chi connectivity index (χ4v) is 4.23. The van der Waals surface area contributed by atoms with Gasteiger partial charge in [-0.25, -0.2) is 0 Å². The minimum absolute atomic E-state index is 0.00759. The highest BCUT2D eigenvalue weighted by molar-refractivity contribution is 7.99. The molecule has 6 heteroatoms. The number of methoxy groups -OCH3 is 1. The molecule has 0 bridgehead atoms. The van der Waals surface area contributed by atoms with Gasteiger partial charge < -0.3 is 15.4 Å². The number of nitrogens with one attached hydrogen (secondary N) is 2. The summed E-state index contributed by atoms with van der Waals surface area (Å²) in [5.41, 5.74) is -0.714. The van der Waals surface area contributed by atoms with E-state index in [1.54, 1.807) is 18.9 Å². The molecule has 2 amide bonds. The Hall–Kier alpha value is -1.69. The van der Waals surface area contributed by atoms with E-state index in [4.69, 9.17) is 4.74 Å². The molecule has 2 N–H and O–H groups in total. The Kier molecular flexibility index (Phi) is 8.98. The van der Waals surface area contributed by atoms with Crippen LogP contribution in [-0.2, 0) is 9.59 Å². The topological polar surface area (TPSA) is 67.4 Å². The third-order valence-electron chi connectivity index (χ3n) is 4.99. The summed E-state index contributed by atoms with van der Waals surface area (Å²) >= 11 is 1.64. The maximum absolute atomic E-state index is 12.7. The van der Waals surface area contributed by atoms with Crippen molar-refractivity contribution < 1.29 is 14.3 Å². The van der Waals surface area contributed by atoms with Gasteiger partial charge in [-0.05, 0) is 43.5 Å². The molecule has 1 aliphatic rings. The number of thioether (sulfide) groups is 1. The van der Waals surface area contributed by atoms with Crippen molar-refractivity contribution in [3.05, 3.63) is 24.3 Å². The molecule has 27 heavy (non-hydrogen) atoms. The number of benzene rings is 1. The second-order valence-corrected chi connectivity index (χ2v) is 8.24. The lowest BCUT2D eigenvalue weighted by Crippen LogP contribution is -2.59. The van der Waals surface area contributed by atoms with E-state index < -0.39 is 5.54 Å². The van der Waals surface area contributed by atoms with Gasteiger partial charge in [0, 0.05) is 23.6 Å². The summed E-state index contributed by atoms with van der Waals surface area (Å²) in [6, 6.07) is 7.82. The van der Waals surface area contributed by atoms with Crippen molar-refractivity contribution in [1.29, 1.82) is 0 Å². The fourth-order valence-electron chi connectivity index (χ4n) is 3.37. The van der Waals surface area contributed by atoms with E-state index in [0.717, 1.165) is 55.6 Å². The van der Waals surface area contributed by atoms with Crippen molar-refractivity contribution in [2.45, 2.75) is 68.7 Å². The van der Waals surface area contributed by atoms with Gasteiger partial charge in [-0.3, -0.25) is 9.59 Å². The van der Waals surface area contributed by atoms with Gasteiger partial charge in [0.05, 0.1) is 7.11 Å². The van der Waals surface area contributed by atoms with Crippen molar-refractivity contribution in [1.82, 2.24) is 10.6 Å². The average Bonchev–Trinajstić information content (AvgIpc) is 2.69. The smallest absolute Gasteiger partial charge is 0.245 e. The number of ether oxygens (including phenoxy) is 1. The Labute approximate surface area is 167 Å². The molecule has 0 spiro atoms. The lowest BCUT2D eigenvalue weighted by atomic mass is 9.80. The van der Waals surface area contributed by atoms with E-state index in [1.165, 1.54) is 0 Å². The van der Waals surface area contributed by atoms with Crippen LogP contribution in [-0.4, -0.2) is 36.8 Å². The van der Waals surface area contributed by atoms with Gasteiger partial charge >= 0.3 is 0 Å². The van der Waals surface area contributed by atoms with Crippen molar-refractivity contribution >= 4 is 23.6 Å². The first kappa shape index (κ1) is 21.6. The molecule has 0 heterocycles. The largest absolute Gasteiger partial charge is 0.497 e. The molecule has 1 aromatic carbocycles. The first-order chi connectivity index (χ1) is 13.1. The molecule has 0 radical (unpaired) electrons. The first-order valence-corrected chi connectivity index (χ1v) is 10.9. The monoisotopic (exact) mass is 392 g/mol. The highest BCUT2D eigenvalue weighted by Gasteiger charge is 2.40. The zero-order valence-electron chi connectivity index (χ0n) is 16.5. The number of amides is 2. The SMILES string of the molecule is CCCCNC(=O)C1(NC(=O)CCSc2ccc(OC)cc2)CCCCC1. The molecule has 0 saturated heterocycles. The zero-order valence-corrected chi connectivity index (χ0v) is 17.3. The number of hydrogen-bond donors (Lipinski definition) is 2. The van der Waals surface area contributed by atoms with Gasteiger partial charge in [0.1, 0.15) is 11.3 Å². The maximum atomic E-state index is 12.7. The number of hydrogen-bond acceptors (Lipinski definition) is 4. The van der Waals surface area contributed by atoms with E-state index >= 15 is 0 Å². The van der Waals surface area contributed by atoms with Crippen LogP contribution in [0.2, 0.25) is 0 Å². The number of rotatable bonds is 10. The van der Waals surface area contributed by atoms with Crippen molar-refractivity contribution in [2.75, 3.05) is 19.4 Å². The lowest BCUT2D eigenvalue weighted by molar-refractivity contribution is -0.135. The molecule has 150 valence electrons. The van der Waals surface area contributed by atoms with Gasteiger partial charge in [0.15, 0.2) is 0 Å². The van der Waals surface area contributed by atoms with Gasteiger partial charge in [-0.15, -0.1) is 11.8 Å². The van der Waals surface area contributed by atoms with Crippen LogP contribution in [0, 0.1) is 0 Å². The molecule has 5 nitrogen and oxygen atoms in total. The highest BCUT2D eigenvalue weighted by atomic mass is 32.2. The summed E-state index contributed by atoms with van der Waals surface area (Å²) in [5.74, 6) is 1.46. The Balaban J connectivity index is 1.84. The van der Waals surface area contributed by atoms with Crippen LogP contribution in [0.25, 0.3) is 0 Å². The Morgan fingerprint density at radius 1 is 1.15 bits per heavy atom. The van der Waals surface area contributed by atoms with Crippen molar-refractivity contribution in [3.63, 3.8) is 0 Å². The zero-order chi connectivity index (χ0) is 19.5. The summed E-state index contributed by atoms with van der Waals surface area (Å²) < 4.78 is 5.15. The summed E-state index contributed by atoms with van der Waals surface area (Å²) in [4.78, 5) is 26.4. The Morgan fingerprint density at radius 3 is 2.48 bits per heavy atom. The third kappa shape index (κ3) is 6.76. The molecule has 1 fully saturated rings. The maximum Gasteiger partial charge on any atom is 0.245 e. The molecular formula is C21H32N2O3S. The van der Waals surface area contributed by atoms with Gasteiger partial charge in [0.25, 0.3) is 0 Å². The van der Waals surface area contributed by atoms with Crippen LogP contribution in [0.15, 0.2) is 29.2 Å². The van der Waals surface area contributed by atoms with Crippen LogP contribution in [0.5, 0.6) is 5.75 Å². The summed E-state index contributed by atoms with van der Waals surface area (Å²) in [6.07, 6.45) is 7.00. The van der Waals surface area contributed by atoms with E-state index in [9.17, 15) is 9.59 Å². The molecule has 1 aliphatic carbocycles. The number of unbranched alkanes of at least 4 members (excludes halogenated alkanes) is 1. The molecule has 0 unspecified atom stereocenters. The summed E-state index contributed by atoms with van der Waals surface area (Å²) in [7, 11) is 1.64. The lowest BCUT2D eigenvalue weighted by Gasteiger charge is -2.36. The molecule has 0 atom stereocenters. The van der Waals surface area contributed by atoms with E-state index in [-0.39, 0.29) is 11.8 Å². The summed E-state index contributed by atoms with van der Waals surface area (Å²) in [5, 5.41) is 6.10. The minimum Gasteiger partial charge on any atom is -0.497 e. The second-order valence-electron chi connectivity index (χ2n) is 7.07. The third-order valence-corrected chi connectivity index (χ3v) is 6.01. The van der Waals surface area contributed by atoms with Crippen LogP contribution in [0.4, 0.5) is 0 Å². The quantitative estimate of drug-likeness (QED) is 0.468. The normalized spacial score (nSPS) is 15.8. The van der Waals surface area contributed by atoms with Gasteiger partial charge in [0.2, 0.25) is 11.8 Å². The van der Waals surface area contributed by atoms with Crippen LogP contribution in [0.1, 0.15) is 58.3 Å². The van der Waals surface area contributed by atoms with E-state index in [2.05, 4.69) is 17.6 Å². The van der Waals surface area contributed by atoms with Gasteiger partial charge in [-0.1, -0.05) is 32.6 Å². The van der Waals surface area contributed by atoms with Crippen molar-refractivity contribution in [3.8, 4) is 5.75 Å². The molecule has 0 aromatic heterocycles. The number of carbonyl (C=O) groups is 2.